The van der Waals surface area contributed by atoms with Crippen LogP contribution < -0.4 is 0 Å². The molecule has 0 atom stereocenters. The molecule has 0 bridgehead atoms. The van der Waals surface area contributed by atoms with E-state index in [0.717, 1.165) is 15.4 Å². The Kier molecular flexibility index (Phi) is 2.44. The zero-order valence-electron chi connectivity index (χ0n) is 7.49. The number of aromatic nitrogens is 1. The smallest absolute Gasteiger partial charge is 0.230 e. The van der Waals surface area contributed by atoms with Crippen LogP contribution in [0.4, 0.5) is 0 Å². The van der Waals surface area contributed by atoms with Gasteiger partial charge in [0.2, 0.25) is 5.88 Å². The van der Waals surface area contributed by atoms with Gasteiger partial charge in [-0.05, 0) is 24.6 Å². The Morgan fingerprint density at radius 2 is 1.93 bits per heavy atom. The maximum absolute atomic E-state index is 9.52. The van der Waals surface area contributed by atoms with Crippen molar-refractivity contribution in [1.29, 1.82) is 0 Å². The summed E-state index contributed by atoms with van der Waals surface area (Å²) in [7, 11) is 0. The summed E-state index contributed by atoms with van der Waals surface area (Å²) in [5.74, 6) is 0.0924. The predicted molar refractivity (Wildman–Crippen MR) is 59.0 cm³/mol. The number of aryl methyl sites for hydroxylation is 1. The molecule has 72 valence electrons. The first-order valence-corrected chi connectivity index (χ1v) is 5.28. The van der Waals surface area contributed by atoms with Gasteiger partial charge in [0.25, 0.3) is 0 Å². The first kappa shape index (κ1) is 9.49. The minimum absolute atomic E-state index is 0.0924. The van der Waals surface area contributed by atoms with E-state index < -0.39 is 0 Å². The van der Waals surface area contributed by atoms with Crippen molar-refractivity contribution in [2.24, 2.45) is 0 Å². The molecule has 0 radical (unpaired) electrons. The predicted octanol–water partition coefficient (Wildman–Crippen LogP) is 3.48. The molecule has 2 nitrogen and oxygen atoms in total. The van der Waals surface area contributed by atoms with Crippen LogP contribution in [0.1, 0.15) is 5.01 Å². The lowest BCUT2D eigenvalue weighted by molar-refractivity contribution is 0.458. The van der Waals surface area contributed by atoms with Crippen molar-refractivity contribution in [2.75, 3.05) is 0 Å². The molecule has 0 saturated carbocycles. The van der Waals surface area contributed by atoms with Crippen LogP contribution in [0.5, 0.6) is 5.88 Å². The van der Waals surface area contributed by atoms with E-state index in [1.54, 1.807) is 12.1 Å². The summed E-state index contributed by atoms with van der Waals surface area (Å²) in [5.41, 5.74) is 0.942. The summed E-state index contributed by atoms with van der Waals surface area (Å²) in [6.07, 6.45) is 0. The molecule has 2 rings (SSSR count). The summed E-state index contributed by atoms with van der Waals surface area (Å²) in [4.78, 5) is 4.74. The first-order chi connectivity index (χ1) is 6.66. The zero-order valence-corrected chi connectivity index (χ0v) is 9.06. The molecule has 1 aromatic heterocycles. The molecule has 0 aliphatic heterocycles. The van der Waals surface area contributed by atoms with Gasteiger partial charge in [-0.3, -0.25) is 0 Å². The van der Waals surface area contributed by atoms with Gasteiger partial charge in [-0.25, -0.2) is 4.98 Å². The van der Waals surface area contributed by atoms with Crippen LogP contribution >= 0.6 is 22.9 Å². The molecule has 14 heavy (non-hydrogen) atoms. The average molecular weight is 226 g/mol. The summed E-state index contributed by atoms with van der Waals surface area (Å²) >= 11 is 7.24. The number of thiazole rings is 1. The molecular formula is C10H8ClNOS. The third-order valence-corrected chi connectivity index (χ3v) is 3.08. The molecule has 0 fully saturated rings. The number of halogens is 1. The molecular weight excluding hydrogens is 218 g/mol. The lowest BCUT2D eigenvalue weighted by Gasteiger charge is -1.96. The molecule has 0 unspecified atom stereocenters. The number of hydrogen-bond acceptors (Lipinski definition) is 3. The van der Waals surface area contributed by atoms with Crippen LogP contribution in [-0.2, 0) is 0 Å². The average Bonchev–Trinajstić information content (AvgIpc) is 2.47. The van der Waals surface area contributed by atoms with Crippen molar-refractivity contribution in [1.82, 2.24) is 4.98 Å². The van der Waals surface area contributed by atoms with Crippen molar-refractivity contribution in [3.8, 4) is 16.3 Å². The SMILES string of the molecule is Cc1nc(O)c(-c2ccc(Cl)cc2)s1. The molecule has 1 heterocycles. The van der Waals surface area contributed by atoms with Crippen molar-refractivity contribution in [3.63, 3.8) is 0 Å². The number of nitrogens with zero attached hydrogens (tertiary/aromatic N) is 1. The van der Waals surface area contributed by atoms with E-state index in [-0.39, 0.29) is 5.88 Å². The third-order valence-electron chi connectivity index (χ3n) is 1.82. The second-order valence-corrected chi connectivity index (χ2v) is 4.53. The van der Waals surface area contributed by atoms with Gasteiger partial charge in [0.1, 0.15) is 0 Å². The largest absolute Gasteiger partial charge is 0.492 e. The van der Waals surface area contributed by atoms with Gasteiger partial charge in [0.05, 0.1) is 9.88 Å². The van der Waals surface area contributed by atoms with Crippen LogP contribution in [0.25, 0.3) is 10.4 Å². The fraction of sp³-hybridized carbons (Fsp3) is 0.100. The van der Waals surface area contributed by atoms with Gasteiger partial charge in [0, 0.05) is 5.02 Å². The minimum Gasteiger partial charge on any atom is -0.492 e. The molecule has 0 aliphatic carbocycles. The number of rotatable bonds is 1. The fourth-order valence-electron chi connectivity index (χ4n) is 1.21. The Hall–Kier alpha value is -1.06. The van der Waals surface area contributed by atoms with Crippen LogP contribution in [0, 0.1) is 6.92 Å². The number of benzene rings is 1. The molecule has 0 aliphatic rings. The highest BCUT2D eigenvalue weighted by Crippen LogP contribution is 2.34. The Labute approximate surface area is 90.8 Å². The van der Waals surface area contributed by atoms with E-state index in [0.29, 0.717) is 5.02 Å². The van der Waals surface area contributed by atoms with Gasteiger partial charge in [-0.2, -0.15) is 0 Å². The van der Waals surface area contributed by atoms with Gasteiger partial charge >= 0.3 is 0 Å². The van der Waals surface area contributed by atoms with Gasteiger partial charge < -0.3 is 5.11 Å². The number of aromatic hydroxyl groups is 1. The Morgan fingerprint density at radius 3 is 2.43 bits per heavy atom. The molecule has 0 spiro atoms. The minimum atomic E-state index is 0.0924. The van der Waals surface area contributed by atoms with Crippen LogP contribution in [0.15, 0.2) is 24.3 Å². The molecule has 4 heteroatoms. The molecule has 1 aromatic carbocycles. The maximum atomic E-state index is 9.52. The zero-order chi connectivity index (χ0) is 10.1. The standard InChI is InChI=1S/C10H8ClNOS/c1-6-12-10(13)9(14-6)7-2-4-8(11)5-3-7/h2-5,13H,1H3. The van der Waals surface area contributed by atoms with Crippen LogP contribution in [0.2, 0.25) is 5.02 Å². The topological polar surface area (TPSA) is 33.1 Å². The Bertz CT molecular complexity index is 450. The quantitative estimate of drug-likeness (QED) is 0.806. The highest BCUT2D eigenvalue weighted by atomic mass is 35.5. The summed E-state index contributed by atoms with van der Waals surface area (Å²) in [6, 6.07) is 7.33. The highest BCUT2D eigenvalue weighted by molar-refractivity contribution is 7.15. The van der Waals surface area contributed by atoms with E-state index >= 15 is 0 Å². The molecule has 0 amide bonds. The maximum Gasteiger partial charge on any atom is 0.230 e. The lowest BCUT2D eigenvalue weighted by atomic mass is 10.2. The Morgan fingerprint density at radius 1 is 1.29 bits per heavy atom. The lowest BCUT2D eigenvalue weighted by Crippen LogP contribution is -1.72. The van der Waals surface area contributed by atoms with E-state index in [2.05, 4.69) is 4.98 Å². The van der Waals surface area contributed by atoms with Crippen molar-refractivity contribution >= 4 is 22.9 Å². The summed E-state index contributed by atoms with van der Waals surface area (Å²) in [6.45, 7) is 1.86. The second-order valence-electron chi connectivity index (χ2n) is 2.89. The van der Waals surface area contributed by atoms with Crippen LogP contribution in [0.3, 0.4) is 0 Å². The Balaban J connectivity index is 2.49. The number of hydrogen-bond donors (Lipinski definition) is 1. The van der Waals surface area contributed by atoms with E-state index in [1.165, 1.54) is 11.3 Å². The molecule has 0 saturated heterocycles. The normalized spacial score (nSPS) is 10.4. The van der Waals surface area contributed by atoms with Crippen molar-refractivity contribution in [3.05, 3.63) is 34.3 Å². The van der Waals surface area contributed by atoms with Crippen molar-refractivity contribution < 1.29 is 5.11 Å². The molecule has 2 aromatic rings. The van der Waals surface area contributed by atoms with Crippen molar-refractivity contribution in [2.45, 2.75) is 6.92 Å². The fourth-order valence-corrected chi connectivity index (χ4v) is 2.15. The van der Waals surface area contributed by atoms with Crippen LogP contribution in [-0.4, -0.2) is 10.1 Å². The first-order valence-electron chi connectivity index (χ1n) is 4.09. The van der Waals surface area contributed by atoms with E-state index in [1.807, 2.05) is 19.1 Å². The van der Waals surface area contributed by atoms with Gasteiger partial charge in [-0.15, -0.1) is 11.3 Å². The molecule has 1 N–H and O–H groups in total. The monoisotopic (exact) mass is 225 g/mol. The van der Waals surface area contributed by atoms with E-state index in [4.69, 9.17) is 11.6 Å². The second kappa shape index (κ2) is 3.59. The summed E-state index contributed by atoms with van der Waals surface area (Å²) < 4.78 is 0. The third kappa shape index (κ3) is 1.74. The van der Waals surface area contributed by atoms with Gasteiger partial charge in [-0.1, -0.05) is 23.7 Å². The summed E-state index contributed by atoms with van der Waals surface area (Å²) in [5, 5.41) is 11.1. The van der Waals surface area contributed by atoms with E-state index in [9.17, 15) is 5.11 Å². The highest BCUT2D eigenvalue weighted by Gasteiger charge is 2.09. The van der Waals surface area contributed by atoms with Gasteiger partial charge in [0.15, 0.2) is 0 Å².